The van der Waals surface area contributed by atoms with Gasteiger partial charge < -0.3 is 19.5 Å². The molecule has 3 heterocycles. The van der Waals surface area contributed by atoms with Crippen molar-refractivity contribution in [2.75, 3.05) is 25.5 Å². The Labute approximate surface area is 190 Å². The lowest BCUT2D eigenvalue weighted by Crippen LogP contribution is -2.33. The second kappa shape index (κ2) is 9.62. The number of fused-ring (bicyclic) bond motifs is 1. The monoisotopic (exact) mass is 452 g/mol. The SMILES string of the molecule is O=C(CSc1nnc([C@@H]2COc3ccccc3O2)n1-c1ccccc1)NC[C@H]1CCCO1. The maximum absolute atomic E-state index is 12.4. The molecule has 2 aromatic carbocycles. The molecule has 166 valence electrons. The number of rotatable bonds is 7. The minimum atomic E-state index is -0.416. The molecule has 0 spiro atoms. The first-order chi connectivity index (χ1) is 15.8. The van der Waals surface area contributed by atoms with E-state index >= 15 is 0 Å². The van der Waals surface area contributed by atoms with Crippen molar-refractivity contribution in [2.24, 2.45) is 0 Å². The Morgan fingerprint density at radius 3 is 2.72 bits per heavy atom. The molecule has 1 amide bonds. The highest BCUT2D eigenvalue weighted by Crippen LogP contribution is 2.36. The van der Waals surface area contributed by atoms with E-state index in [1.165, 1.54) is 11.8 Å². The van der Waals surface area contributed by atoms with Gasteiger partial charge in [-0.2, -0.15) is 0 Å². The number of hydrogen-bond acceptors (Lipinski definition) is 7. The van der Waals surface area contributed by atoms with Gasteiger partial charge in [-0.1, -0.05) is 42.1 Å². The van der Waals surface area contributed by atoms with Crippen LogP contribution >= 0.6 is 11.8 Å². The molecule has 1 fully saturated rings. The van der Waals surface area contributed by atoms with Crippen molar-refractivity contribution in [1.29, 1.82) is 0 Å². The molecular formula is C23H24N4O4S. The zero-order chi connectivity index (χ0) is 21.8. The molecule has 0 bridgehead atoms. The lowest BCUT2D eigenvalue weighted by atomic mass is 10.2. The molecule has 0 aliphatic carbocycles. The number of nitrogens with zero attached hydrogens (tertiary/aromatic N) is 3. The number of nitrogens with one attached hydrogen (secondary N) is 1. The Balaban J connectivity index is 1.33. The summed E-state index contributed by atoms with van der Waals surface area (Å²) in [4.78, 5) is 12.4. The van der Waals surface area contributed by atoms with Crippen LogP contribution in [-0.4, -0.2) is 52.3 Å². The third kappa shape index (κ3) is 4.58. The summed E-state index contributed by atoms with van der Waals surface area (Å²) in [7, 11) is 0. The molecule has 2 aliphatic rings. The highest BCUT2D eigenvalue weighted by Gasteiger charge is 2.29. The van der Waals surface area contributed by atoms with E-state index in [4.69, 9.17) is 14.2 Å². The zero-order valence-corrected chi connectivity index (χ0v) is 18.3. The Morgan fingerprint density at radius 2 is 1.91 bits per heavy atom. The number of hydrogen-bond donors (Lipinski definition) is 1. The van der Waals surface area contributed by atoms with Gasteiger partial charge in [0, 0.05) is 18.8 Å². The second-order valence-corrected chi connectivity index (χ2v) is 8.55. The van der Waals surface area contributed by atoms with Crippen molar-refractivity contribution < 1.29 is 19.0 Å². The van der Waals surface area contributed by atoms with Crippen LogP contribution in [0.5, 0.6) is 11.5 Å². The highest BCUT2D eigenvalue weighted by atomic mass is 32.2. The van der Waals surface area contributed by atoms with Gasteiger partial charge in [0.2, 0.25) is 5.91 Å². The second-order valence-electron chi connectivity index (χ2n) is 7.60. The minimum absolute atomic E-state index is 0.0548. The van der Waals surface area contributed by atoms with Crippen LogP contribution in [0, 0.1) is 0 Å². The third-order valence-electron chi connectivity index (χ3n) is 5.35. The van der Waals surface area contributed by atoms with Crippen molar-refractivity contribution in [3.05, 3.63) is 60.4 Å². The fraction of sp³-hybridized carbons (Fsp3) is 0.348. The molecule has 0 radical (unpaired) electrons. The van der Waals surface area contributed by atoms with Gasteiger partial charge in [0.25, 0.3) is 0 Å². The van der Waals surface area contributed by atoms with Gasteiger partial charge in [-0.05, 0) is 37.1 Å². The summed E-state index contributed by atoms with van der Waals surface area (Å²) in [5.41, 5.74) is 0.900. The maximum atomic E-state index is 12.4. The van der Waals surface area contributed by atoms with E-state index in [2.05, 4.69) is 15.5 Å². The van der Waals surface area contributed by atoms with E-state index in [9.17, 15) is 4.79 Å². The normalized spacial score (nSPS) is 19.6. The van der Waals surface area contributed by atoms with Crippen LogP contribution < -0.4 is 14.8 Å². The number of amides is 1. The number of benzene rings is 2. The fourth-order valence-electron chi connectivity index (χ4n) is 3.76. The lowest BCUT2D eigenvalue weighted by Gasteiger charge is -2.26. The predicted octanol–water partition coefficient (Wildman–Crippen LogP) is 3.17. The molecule has 2 atom stereocenters. The highest BCUT2D eigenvalue weighted by molar-refractivity contribution is 7.99. The molecule has 9 heteroatoms. The summed E-state index contributed by atoms with van der Waals surface area (Å²) in [6.07, 6.45) is 1.75. The number of ether oxygens (including phenoxy) is 3. The topological polar surface area (TPSA) is 87.5 Å². The van der Waals surface area contributed by atoms with E-state index in [0.717, 1.165) is 25.1 Å². The number of carbonyl (C=O) groups is 1. The van der Waals surface area contributed by atoms with Crippen LogP contribution in [0.1, 0.15) is 24.8 Å². The molecule has 1 saturated heterocycles. The third-order valence-corrected chi connectivity index (χ3v) is 6.28. The number of carbonyl (C=O) groups excluding carboxylic acids is 1. The largest absolute Gasteiger partial charge is 0.485 e. The van der Waals surface area contributed by atoms with Crippen LogP contribution in [0.25, 0.3) is 5.69 Å². The Bertz CT molecular complexity index is 1070. The minimum Gasteiger partial charge on any atom is -0.485 e. The van der Waals surface area contributed by atoms with Gasteiger partial charge in [0.05, 0.1) is 11.9 Å². The summed E-state index contributed by atoms with van der Waals surface area (Å²) in [6, 6.07) is 17.4. The van der Waals surface area contributed by atoms with Crippen LogP contribution in [-0.2, 0) is 9.53 Å². The van der Waals surface area contributed by atoms with E-state index in [-0.39, 0.29) is 17.8 Å². The van der Waals surface area contributed by atoms with Crippen molar-refractivity contribution >= 4 is 17.7 Å². The molecule has 8 nitrogen and oxygen atoms in total. The summed E-state index contributed by atoms with van der Waals surface area (Å²) < 4.78 is 19.5. The van der Waals surface area contributed by atoms with E-state index in [1.54, 1.807) is 0 Å². The summed E-state index contributed by atoms with van der Waals surface area (Å²) in [5.74, 6) is 2.21. The predicted molar refractivity (Wildman–Crippen MR) is 119 cm³/mol. The summed E-state index contributed by atoms with van der Waals surface area (Å²) >= 11 is 1.34. The molecule has 2 aliphatic heterocycles. The first kappa shape index (κ1) is 20.8. The number of thioether (sulfide) groups is 1. The van der Waals surface area contributed by atoms with Gasteiger partial charge in [0.1, 0.15) is 6.61 Å². The zero-order valence-electron chi connectivity index (χ0n) is 17.5. The molecule has 32 heavy (non-hydrogen) atoms. The van der Waals surface area contributed by atoms with Gasteiger partial charge in [-0.3, -0.25) is 9.36 Å². The van der Waals surface area contributed by atoms with Crippen LogP contribution in [0.4, 0.5) is 0 Å². The number of para-hydroxylation sites is 3. The molecule has 3 aromatic rings. The molecule has 1 N–H and O–H groups in total. The standard InChI is InChI=1S/C23H24N4O4S/c28-21(24-13-17-9-6-12-29-17)15-32-23-26-25-22(27(23)16-7-2-1-3-8-16)20-14-30-18-10-4-5-11-19(18)31-20/h1-5,7-8,10-11,17,20H,6,9,12-15H2,(H,24,28)/t17-,20+/m1/s1. The van der Waals surface area contributed by atoms with E-state index in [1.807, 2.05) is 59.2 Å². The van der Waals surface area contributed by atoms with Crippen LogP contribution in [0.3, 0.4) is 0 Å². The van der Waals surface area contributed by atoms with Crippen molar-refractivity contribution in [3.63, 3.8) is 0 Å². The van der Waals surface area contributed by atoms with Crippen molar-refractivity contribution in [1.82, 2.24) is 20.1 Å². The molecule has 0 unspecified atom stereocenters. The number of aromatic nitrogens is 3. The van der Waals surface area contributed by atoms with Gasteiger partial charge in [-0.25, -0.2) is 0 Å². The quantitative estimate of drug-likeness (QED) is 0.551. The Hall–Kier alpha value is -3.04. The van der Waals surface area contributed by atoms with Crippen LogP contribution in [0.2, 0.25) is 0 Å². The molecule has 1 aromatic heterocycles. The molecule has 5 rings (SSSR count). The fourth-order valence-corrected chi connectivity index (χ4v) is 4.55. The van der Waals surface area contributed by atoms with Gasteiger partial charge in [0.15, 0.2) is 28.6 Å². The average molecular weight is 453 g/mol. The van der Waals surface area contributed by atoms with E-state index in [0.29, 0.717) is 35.6 Å². The Morgan fingerprint density at radius 1 is 1.09 bits per heavy atom. The van der Waals surface area contributed by atoms with Crippen molar-refractivity contribution in [3.8, 4) is 17.2 Å². The first-order valence-electron chi connectivity index (χ1n) is 10.7. The average Bonchev–Trinajstić information content (AvgIpc) is 3.52. The summed E-state index contributed by atoms with van der Waals surface area (Å²) in [6.45, 7) is 1.65. The summed E-state index contributed by atoms with van der Waals surface area (Å²) in [5, 5.41) is 12.4. The van der Waals surface area contributed by atoms with Gasteiger partial charge >= 0.3 is 0 Å². The van der Waals surface area contributed by atoms with Crippen LogP contribution in [0.15, 0.2) is 59.8 Å². The lowest BCUT2D eigenvalue weighted by molar-refractivity contribution is -0.119. The molecule has 0 saturated carbocycles. The molecular weight excluding hydrogens is 428 g/mol. The van der Waals surface area contributed by atoms with E-state index < -0.39 is 6.10 Å². The maximum Gasteiger partial charge on any atom is 0.230 e. The van der Waals surface area contributed by atoms with Gasteiger partial charge in [-0.15, -0.1) is 10.2 Å². The Kier molecular flexibility index (Phi) is 6.27. The smallest absolute Gasteiger partial charge is 0.230 e. The first-order valence-corrected chi connectivity index (χ1v) is 11.7. The van der Waals surface area contributed by atoms with Crippen molar-refractivity contribution in [2.45, 2.75) is 30.2 Å².